The standard InChI is InChI=1S/C15H20N2O3/c1-10-6-7-11(17(18)19)13-12(10)14(15(2,3)20-13)16-8-4-5-9-16/h6-7,14H,4-5,8-9H2,1-3H3/t14-/m0/s1. The number of nitrogens with zero attached hydrogens (tertiary/aromatic N) is 2. The van der Waals surface area contributed by atoms with Crippen molar-refractivity contribution >= 4 is 5.69 Å². The van der Waals surface area contributed by atoms with Crippen LogP contribution in [0.5, 0.6) is 5.75 Å². The van der Waals surface area contributed by atoms with E-state index in [-0.39, 0.29) is 16.7 Å². The molecular formula is C15H20N2O3. The van der Waals surface area contributed by atoms with Gasteiger partial charge >= 0.3 is 5.69 Å². The first-order valence-corrected chi connectivity index (χ1v) is 7.13. The molecule has 0 aliphatic carbocycles. The summed E-state index contributed by atoms with van der Waals surface area (Å²) >= 11 is 0. The monoisotopic (exact) mass is 276 g/mol. The van der Waals surface area contributed by atoms with Gasteiger partial charge in [0.15, 0.2) is 0 Å². The molecule has 0 radical (unpaired) electrons. The third-order valence-electron chi connectivity index (χ3n) is 4.39. The van der Waals surface area contributed by atoms with Crippen LogP contribution >= 0.6 is 0 Å². The van der Waals surface area contributed by atoms with Crippen LogP contribution in [0.15, 0.2) is 12.1 Å². The van der Waals surface area contributed by atoms with Gasteiger partial charge in [-0.3, -0.25) is 15.0 Å². The Morgan fingerprint density at radius 3 is 2.60 bits per heavy atom. The molecule has 1 saturated heterocycles. The average Bonchev–Trinajstić information content (AvgIpc) is 2.93. The molecule has 108 valence electrons. The fraction of sp³-hybridized carbons (Fsp3) is 0.600. The molecule has 5 heteroatoms. The van der Waals surface area contributed by atoms with Gasteiger partial charge in [0.25, 0.3) is 0 Å². The van der Waals surface area contributed by atoms with Crippen LogP contribution in [0.25, 0.3) is 0 Å². The molecule has 0 bridgehead atoms. The van der Waals surface area contributed by atoms with Crippen LogP contribution in [0.1, 0.15) is 43.9 Å². The van der Waals surface area contributed by atoms with Crippen molar-refractivity contribution in [2.45, 2.75) is 45.3 Å². The molecule has 2 aliphatic heterocycles. The lowest BCUT2D eigenvalue weighted by Crippen LogP contribution is -2.41. The van der Waals surface area contributed by atoms with Gasteiger partial charge in [0.05, 0.1) is 11.0 Å². The molecule has 0 unspecified atom stereocenters. The fourth-order valence-corrected chi connectivity index (χ4v) is 3.57. The summed E-state index contributed by atoms with van der Waals surface area (Å²) in [6.07, 6.45) is 2.38. The zero-order chi connectivity index (χ0) is 14.5. The first-order chi connectivity index (χ1) is 9.42. The Morgan fingerprint density at radius 2 is 2.00 bits per heavy atom. The third-order valence-corrected chi connectivity index (χ3v) is 4.39. The molecule has 1 atom stereocenters. The van der Waals surface area contributed by atoms with Crippen molar-refractivity contribution < 1.29 is 9.66 Å². The summed E-state index contributed by atoms with van der Waals surface area (Å²) in [4.78, 5) is 13.3. The number of nitro groups is 1. The van der Waals surface area contributed by atoms with Gasteiger partial charge in [0.1, 0.15) is 5.60 Å². The molecule has 1 fully saturated rings. The normalized spacial score (nSPS) is 24.4. The number of fused-ring (bicyclic) bond motifs is 1. The van der Waals surface area contributed by atoms with E-state index in [1.165, 1.54) is 12.8 Å². The van der Waals surface area contributed by atoms with Crippen molar-refractivity contribution in [3.63, 3.8) is 0 Å². The number of ether oxygens (including phenoxy) is 1. The van der Waals surface area contributed by atoms with E-state index in [0.717, 1.165) is 24.2 Å². The number of benzene rings is 1. The van der Waals surface area contributed by atoms with Crippen LogP contribution in [-0.4, -0.2) is 28.5 Å². The van der Waals surface area contributed by atoms with Crippen LogP contribution in [0.4, 0.5) is 5.69 Å². The second kappa shape index (κ2) is 4.45. The van der Waals surface area contributed by atoms with Crippen molar-refractivity contribution in [3.8, 4) is 5.75 Å². The van der Waals surface area contributed by atoms with Crippen molar-refractivity contribution in [2.24, 2.45) is 0 Å². The molecule has 5 nitrogen and oxygen atoms in total. The van der Waals surface area contributed by atoms with Crippen molar-refractivity contribution in [1.29, 1.82) is 0 Å². The van der Waals surface area contributed by atoms with E-state index in [2.05, 4.69) is 4.90 Å². The van der Waals surface area contributed by atoms with Gasteiger partial charge in [-0.15, -0.1) is 0 Å². The molecule has 0 aromatic heterocycles. The van der Waals surface area contributed by atoms with E-state index >= 15 is 0 Å². The zero-order valence-corrected chi connectivity index (χ0v) is 12.2. The molecule has 3 rings (SSSR count). The van der Waals surface area contributed by atoms with E-state index in [0.29, 0.717) is 5.75 Å². The minimum absolute atomic E-state index is 0.0837. The highest BCUT2D eigenvalue weighted by atomic mass is 16.6. The third kappa shape index (κ3) is 1.88. The minimum Gasteiger partial charge on any atom is -0.479 e. The van der Waals surface area contributed by atoms with Gasteiger partial charge in [-0.2, -0.15) is 0 Å². The molecule has 0 spiro atoms. The Kier molecular flexibility index (Phi) is 2.97. The maximum atomic E-state index is 11.2. The predicted octanol–water partition coefficient (Wildman–Crippen LogP) is 3.21. The van der Waals surface area contributed by atoms with Gasteiger partial charge < -0.3 is 4.74 Å². The first-order valence-electron chi connectivity index (χ1n) is 7.13. The van der Waals surface area contributed by atoms with E-state index in [9.17, 15) is 10.1 Å². The largest absolute Gasteiger partial charge is 0.479 e. The topological polar surface area (TPSA) is 55.6 Å². The summed E-state index contributed by atoms with van der Waals surface area (Å²) in [6.45, 7) is 8.15. The number of hydrogen-bond donors (Lipinski definition) is 0. The number of nitro benzene ring substituents is 1. The maximum Gasteiger partial charge on any atom is 0.311 e. The maximum absolute atomic E-state index is 11.2. The highest BCUT2D eigenvalue weighted by Gasteiger charge is 2.48. The molecule has 2 aliphatic rings. The SMILES string of the molecule is Cc1ccc([N+](=O)[O-])c2c1[C@H](N1CCCC1)C(C)(C)O2. The van der Waals surface area contributed by atoms with Crippen LogP contribution in [0.2, 0.25) is 0 Å². The summed E-state index contributed by atoms with van der Waals surface area (Å²) in [7, 11) is 0. The fourth-order valence-electron chi connectivity index (χ4n) is 3.57. The molecule has 0 N–H and O–H groups in total. The Morgan fingerprint density at radius 1 is 1.35 bits per heavy atom. The predicted molar refractivity (Wildman–Crippen MR) is 76.1 cm³/mol. The molecule has 0 saturated carbocycles. The van der Waals surface area contributed by atoms with Gasteiger partial charge in [-0.05, 0) is 52.3 Å². The van der Waals surface area contributed by atoms with E-state index in [4.69, 9.17) is 4.74 Å². The molecule has 20 heavy (non-hydrogen) atoms. The van der Waals surface area contributed by atoms with Crippen molar-refractivity contribution in [2.75, 3.05) is 13.1 Å². The summed E-state index contributed by atoms with van der Waals surface area (Å²) in [6, 6.07) is 3.50. The lowest BCUT2D eigenvalue weighted by molar-refractivity contribution is -0.386. The second-order valence-electron chi connectivity index (χ2n) is 6.25. The van der Waals surface area contributed by atoms with Gasteiger partial charge in [-0.25, -0.2) is 0 Å². The second-order valence-corrected chi connectivity index (χ2v) is 6.25. The quantitative estimate of drug-likeness (QED) is 0.615. The van der Waals surface area contributed by atoms with Crippen LogP contribution in [-0.2, 0) is 0 Å². The molecular weight excluding hydrogens is 256 g/mol. The number of aryl methyl sites for hydroxylation is 1. The van der Waals surface area contributed by atoms with Crippen LogP contribution < -0.4 is 4.74 Å². The lowest BCUT2D eigenvalue weighted by atomic mass is 9.90. The first kappa shape index (κ1) is 13.4. The Labute approximate surface area is 118 Å². The van der Waals surface area contributed by atoms with Crippen LogP contribution in [0, 0.1) is 17.0 Å². The number of likely N-dealkylation sites (tertiary alicyclic amines) is 1. The van der Waals surface area contributed by atoms with E-state index < -0.39 is 5.60 Å². The van der Waals surface area contributed by atoms with E-state index in [1.54, 1.807) is 6.07 Å². The smallest absolute Gasteiger partial charge is 0.311 e. The van der Waals surface area contributed by atoms with Crippen LogP contribution in [0.3, 0.4) is 0 Å². The zero-order valence-electron chi connectivity index (χ0n) is 12.2. The number of hydrogen-bond acceptors (Lipinski definition) is 4. The highest BCUT2D eigenvalue weighted by molar-refractivity contribution is 5.59. The molecule has 1 aromatic rings. The Bertz CT molecular complexity index is 562. The summed E-state index contributed by atoms with van der Waals surface area (Å²) in [5.74, 6) is 0.469. The number of rotatable bonds is 2. The highest BCUT2D eigenvalue weighted by Crippen LogP contribution is 2.52. The molecule has 0 amide bonds. The molecule has 2 heterocycles. The van der Waals surface area contributed by atoms with Crippen molar-refractivity contribution in [3.05, 3.63) is 33.4 Å². The average molecular weight is 276 g/mol. The van der Waals surface area contributed by atoms with E-state index in [1.807, 2.05) is 26.8 Å². The Balaban J connectivity index is 2.15. The van der Waals surface area contributed by atoms with Crippen molar-refractivity contribution in [1.82, 2.24) is 4.90 Å². The molecule has 1 aromatic carbocycles. The van der Waals surface area contributed by atoms with Gasteiger partial charge in [0.2, 0.25) is 5.75 Å². The Hall–Kier alpha value is -1.62. The van der Waals surface area contributed by atoms with Gasteiger partial charge in [0, 0.05) is 11.6 Å². The minimum atomic E-state index is -0.427. The van der Waals surface area contributed by atoms with Gasteiger partial charge in [-0.1, -0.05) is 6.07 Å². The lowest BCUT2D eigenvalue weighted by Gasteiger charge is -2.33. The summed E-state index contributed by atoms with van der Waals surface area (Å²) in [5.41, 5.74) is 1.74. The summed E-state index contributed by atoms with van der Waals surface area (Å²) < 4.78 is 6.01. The summed E-state index contributed by atoms with van der Waals surface area (Å²) in [5, 5.41) is 11.2.